The van der Waals surface area contributed by atoms with Gasteiger partial charge in [-0.3, -0.25) is 14.6 Å². The predicted octanol–water partition coefficient (Wildman–Crippen LogP) is 2.58. The molecule has 7 heteroatoms. The Morgan fingerprint density at radius 2 is 1.73 bits per heavy atom. The Balaban J connectivity index is 2.05. The Hall–Kier alpha value is -2.54. The number of carbonyl (C=O) groups excluding carboxylic acids is 2. The first-order valence-electron chi connectivity index (χ1n) is 8.39. The van der Waals surface area contributed by atoms with Gasteiger partial charge >= 0.3 is 0 Å². The lowest BCUT2D eigenvalue weighted by molar-refractivity contribution is 0.0953. The van der Waals surface area contributed by atoms with Crippen molar-refractivity contribution < 1.29 is 18.0 Å². The van der Waals surface area contributed by atoms with E-state index in [-0.39, 0.29) is 39.9 Å². The highest BCUT2D eigenvalue weighted by Gasteiger charge is 2.18. The maximum Gasteiger partial charge on any atom is 0.252 e. The predicted molar refractivity (Wildman–Crippen MR) is 99.0 cm³/mol. The Morgan fingerprint density at radius 3 is 2.38 bits per heavy atom. The molecule has 0 spiro atoms. The van der Waals surface area contributed by atoms with Crippen molar-refractivity contribution in [3.05, 3.63) is 59.4 Å². The van der Waals surface area contributed by atoms with Gasteiger partial charge in [-0.25, -0.2) is 8.42 Å². The second-order valence-electron chi connectivity index (χ2n) is 6.02. The molecule has 0 radical (unpaired) electrons. The monoisotopic (exact) mass is 374 g/mol. The molecular weight excluding hydrogens is 352 g/mol. The van der Waals surface area contributed by atoms with Crippen LogP contribution in [0, 0.1) is 6.92 Å². The van der Waals surface area contributed by atoms with E-state index in [1.807, 2.05) is 13.8 Å². The molecule has 0 unspecified atom stereocenters. The molecule has 0 bridgehead atoms. The summed E-state index contributed by atoms with van der Waals surface area (Å²) in [6.07, 6.45) is 3.36. The van der Waals surface area contributed by atoms with Crippen molar-refractivity contribution in [1.82, 2.24) is 10.3 Å². The van der Waals surface area contributed by atoms with Gasteiger partial charge in [0.1, 0.15) is 0 Å². The summed E-state index contributed by atoms with van der Waals surface area (Å²) in [5, 5.41) is 2.71. The van der Waals surface area contributed by atoms with Crippen LogP contribution in [0.5, 0.6) is 0 Å². The molecule has 1 amide bonds. The molecule has 6 nitrogen and oxygen atoms in total. The third kappa shape index (κ3) is 5.23. The van der Waals surface area contributed by atoms with E-state index in [1.165, 1.54) is 30.6 Å². The molecule has 0 atom stereocenters. The van der Waals surface area contributed by atoms with Gasteiger partial charge in [0.15, 0.2) is 15.6 Å². The highest BCUT2D eigenvalue weighted by Crippen LogP contribution is 2.15. The summed E-state index contributed by atoms with van der Waals surface area (Å²) in [5.74, 6) is -0.958. The van der Waals surface area contributed by atoms with Gasteiger partial charge in [-0.2, -0.15) is 0 Å². The Bertz CT molecular complexity index is 890. The van der Waals surface area contributed by atoms with Crippen LogP contribution in [0.4, 0.5) is 0 Å². The summed E-state index contributed by atoms with van der Waals surface area (Å²) in [6.45, 7) is 4.34. The van der Waals surface area contributed by atoms with Gasteiger partial charge in [0.25, 0.3) is 5.91 Å². The zero-order valence-corrected chi connectivity index (χ0v) is 15.7. The van der Waals surface area contributed by atoms with Crippen molar-refractivity contribution >= 4 is 21.5 Å². The van der Waals surface area contributed by atoms with E-state index in [9.17, 15) is 18.0 Å². The quantitative estimate of drug-likeness (QED) is 0.717. The third-order valence-electron chi connectivity index (χ3n) is 3.84. The maximum atomic E-state index is 12.3. The number of benzene rings is 1. The Kier molecular flexibility index (Phi) is 6.63. The molecule has 138 valence electrons. The van der Waals surface area contributed by atoms with Crippen LogP contribution in [0.3, 0.4) is 0 Å². The number of nitrogens with zero attached hydrogens (tertiary/aromatic N) is 1. The van der Waals surface area contributed by atoms with E-state index in [0.29, 0.717) is 6.54 Å². The minimum absolute atomic E-state index is 0.169. The summed E-state index contributed by atoms with van der Waals surface area (Å²) in [4.78, 5) is 28.4. The van der Waals surface area contributed by atoms with Gasteiger partial charge in [0.05, 0.1) is 16.2 Å². The maximum absolute atomic E-state index is 12.3. The third-order valence-corrected chi connectivity index (χ3v) is 5.57. The van der Waals surface area contributed by atoms with Crippen molar-refractivity contribution in [2.45, 2.75) is 31.6 Å². The van der Waals surface area contributed by atoms with Crippen molar-refractivity contribution in [3.63, 3.8) is 0 Å². The topological polar surface area (TPSA) is 93.2 Å². The number of carbonyl (C=O) groups is 2. The van der Waals surface area contributed by atoms with Crippen LogP contribution in [0.2, 0.25) is 0 Å². The average molecular weight is 374 g/mol. The van der Waals surface area contributed by atoms with Crippen LogP contribution in [-0.4, -0.2) is 37.4 Å². The first-order valence-corrected chi connectivity index (χ1v) is 10.0. The molecule has 2 rings (SSSR count). The van der Waals surface area contributed by atoms with Crippen LogP contribution in [0.15, 0.2) is 47.6 Å². The number of hydrogen-bond acceptors (Lipinski definition) is 5. The number of pyridine rings is 1. The van der Waals surface area contributed by atoms with Gasteiger partial charge < -0.3 is 5.32 Å². The van der Waals surface area contributed by atoms with Crippen molar-refractivity contribution in [3.8, 4) is 0 Å². The zero-order valence-electron chi connectivity index (χ0n) is 14.9. The fourth-order valence-electron chi connectivity index (χ4n) is 2.29. The normalized spacial score (nSPS) is 11.2. The van der Waals surface area contributed by atoms with E-state index in [1.54, 1.807) is 12.1 Å². The van der Waals surface area contributed by atoms with Crippen LogP contribution < -0.4 is 5.32 Å². The van der Waals surface area contributed by atoms with Gasteiger partial charge in [0, 0.05) is 30.9 Å². The molecule has 1 aromatic carbocycles. The molecular formula is C19H22N2O4S. The fourth-order valence-corrected chi connectivity index (χ4v) is 3.53. The van der Waals surface area contributed by atoms with E-state index < -0.39 is 9.84 Å². The number of aromatic nitrogens is 1. The zero-order chi connectivity index (χ0) is 19.2. The molecule has 0 aliphatic carbocycles. The number of sulfone groups is 1. The number of rotatable bonds is 8. The second-order valence-corrected chi connectivity index (χ2v) is 8.13. The first-order chi connectivity index (χ1) is 12.3. The van der Waals surface area contributed by atoms with Crippen LogP contribution >= 0.6 is 0 Å². The molecule has 1 heterocycles. The van der Waals surface area contributed by atoms with Crippen molar-refractivity contribution in [1.29, 1.82) is 0 Å². The summed E-state index contributed by atoms with van der Waals surface area (Å²) in [5.41, 5.74) is 1.48. The number of hydrogen-bond donors (Lipinski definition) is 1. The molecule has 0 saturated heterocycles. The lowest BCUT2D eigenvalue weighted by Crippen LogP contribution is -2.24. The summed E-state index contributed by atoms with van der Waals surface area (Å²) in [7, 11) is -3.54. The van der Waals surface area contributed by atoms with Crippen molar-refractivity contribution in [2.24, 2.45) is 0 Å². The molecule has 1 N–H and O–H groups in total. The number of nitrogens with one attached hydrogen (secondary N) is 1. The highest BCUT2D eigenvalue weighted by molar-refractivity contribution is 7.91. The summed E-state index contributed by atoms with van der Waals surface area (Å²) >= 11 is 0. The number of amides is 1. The average Bonchev–Trinajstić information content (AvgIpc) is 2.64. The number of aryl methyl sites for hydroxylation is 1. The van der Waals surface area contributed by atoms with Gasteiger partial charge in [-0.05, 0) is 31.5 Å². The van der Waals surface area contributed by atoms with Crippen LogP contribution in [-0.2, 0) is 9.84 Å². The molecule has 2 aromatic rings. The van der Waals surface area contributed by atoms with E-state index >= 15 is 0 Å². The SMILES string of the molecule is CCCNC(=O)c1cncc(C(=O)CCS(=O)(=O)c2ccc(C)cc2)c1. The van der Waals surface area contributed by atoms with E-state index in [2.05, 4.69) is 10.3 Å². The molecule has 26 heavy (non-hydrogen) atoms. The van der Waals surface area contributed by atoms with Crippen LogP contribution in [0.25, 0.3) is 0 Å². The number of Topliss-reactive ketones (excluding diaryl/α,β-unsaturated/α-hetero) is 1. The van der Waals surface area contributed by atoms with E-state index in [4.69, 9.17) is 0 Å². The lowest BCUT2D eigenvalue weighted by atomic mass is 10.1. The van der Waals surface area contributed by atoms with E-state index in [0.717, 1.165) is 12.0 Å². The minimum atomic E-state index is -3.54. The van der Waals surface area contributed by atoms with Gasteiger partial charge in [-0.15, -0.1) is 0 Å². The van der Waals surface area contributed by atoms with Gasteiger partial charge in [0.2, 0.25) is 0 Å². The Labute approximate surface area is 153 Å². The number of ketones is 1. The van der Waals surface area contributed by atoms with Crippen molar-refractivity contribution in [2.75, 3.05) is 12.3 Å². The molecule has 0 aliphatic rings. The van der Waals surface area contributed by atoms with Gasteiger partial charge in [-0.1, -0.05) is 24.6 Å². The highest BCUT2D eigenvalue weighted by atomic mass is 32.2. The summed E-state index contributed by atoms with van der Waals surface area (Å²) < 4.78 is 24.7. The largest absolute Gasteiger partial charge is 0.352 e. The molecule has 0 saturated carbocycles. The molecule has 1 aromatic heterocycles. The first kappa shape index (κ1) is 19.8. The fraction of sp³-hybridized carbons (Fsp3) is 0.316. The standard InChI is InChI=1S/C19H22N2O4S/c1-3-9-21-19(23)16-11-15(12-20-13-16)18(22)8-10-26(24,25)17-6-4-14(2)5-7-17/h4-7,11-13H,3,8-10H2,1-2H3,(H,21,23). The smallest absolute Gasteiger partial charge is 0.252 e. The Morgan fingerprint density at radius 1 is 1.08 bits per heavy atom. The van der Waals surface area contributed by atoms with Crippen LogP contribution in [0.1, 0.15) is 46.0 Å². The lowest BCUT2D eigenvalue weighted by Gasteiger charge is -2.06. The second kappa shape index (κ2) is 8.71. The molecule has 0 fully saturated rings. The molecule has 0 aliphatic heterocycles. The minimum Gasteiger partial charge on any atom is -0.352 e. The summed E-state index contributed by atoms with van der Waals surface area (Å²) in [6, 6.07) is 7.96.